The van der Waals surface area contributed by atoms with E-state index in [0.29, 0.717) is 17.7 Å². The molecule has 2 saturated carbocycles. The van der Waals surface area contributed by atoms with Crippen molar-refractivity contribution in [3.63, 3.8) is 0 Å². The fraction of sp³-hybridized carbons (Fsp3) is 0.484. The van der Waals surface area contributed by atoms with Crippen LogP contribution >= 0.6 is 11.8 Å². The van der Waals surface area contributed by atoms with Crippen molar-refractivity contribution in [2.24, 2.45) is 0 Å². The van der Waals surface area contributed by atoms with Crippen molar-refractivity contribution in [3.05, 3.63) is 75.3 Å². The molecule has 47 heavy (non-hydrogen) atoms. The van der Waals surface area contributed by atoms with Crippen molar-refractivity contribution in [2.45, 2.75) is 99.1 Å². The van der Waals surface area contributed by atoms with Gasteiger partial charge in [-0.3, -0.25) is 10.1 Å². The predicted molar refractivity (Wildman–Crippen MR) is 170 cm³/mol. The number of hydrogen-bond donors (Lipinski definition) is 2. The molecule has 1 aliphatic heterocycles. The average Bonchev–Trinajstić information content (AvgIpc) is 3.63. The molecule has 0 spiro atoms. The Morgan fingerprint density at radius 2 is 1.81 bits per heavy atom. The summed E-state index contributed by atoms with van der Waals surface area (Å²) < 4.78 is 69.7. The molecule has 1 saturated heterocycles. The summed E-state index contributed by atoms with van der Waals surface area (Å²) in [5.74, 6) is -3.88. The van der Waals surface area contributed by atoms with Crippen LogP contribution in [0.2, 0.25) is 0 Å². The number of nitrogens with one attached hydrogen (secondary N) is 1. The number of nitro groups is 1. The van der Waals surface area contributed by atoms with Gasteiger partial charge in [0.1, 0.15) is 12.2 Å². The number of fused-ring (bicyclic) bond motifs is 1. The van der Waals surface area contributed by atoms with Gasteiger partial charge < -0.3 is 19.9 Å². The van der Waals surface area contributed by atoms with Crippen LogP contribution in [0.25, 0.3) is 0 Å². The first-order valence-electron chi connectivity index (χ1n) is 15.3. The van der Waals surface area contributed by atoms with Crippen LogP contribution in [-0.2, 0) is 19.5 Å². The van der Waals surface area contributed by atoms with Crippen molar-refractivity contribution in [2.75, 3.05) is 15.4 Å². The number of aryl methyl sites for hydroxylation is 1. The molecule has 0 unspecified atom stereocenters. The third-order valence-electron chi connectivity index (χ3n) is 8.44. The van der Waals surface area contributed by atoms with Gasteiger partial charge in [0.05, 0.1) is 28.0 Å². The molecule has 2 heterocycles. The van der Waals surface area contributed by atoms with E-state index in [9.17, 15) is 32.4 Å². The molecule has 252 valence electrons. The SMILES string of the molecule is CCCSc1nc(N[C@@H]2C[C@H](O)[C@H]3OC(C)(C)O[C@H]32)c([N+](=O)[O-])c(N([C@@H]2C[C@H]2c2ccc(F)c(F)c2)S(=O)(=O)c2ccc(C)cc2)n1. The predicted octanol–water partition coefficient (Wildman–Crippen LogP) is 5.29. The number of halogens is 2. The number of aliphatic hydroxyl groups excluding tert-OH is 1. The highest BCUT2D eigenvalue weighted by Crippen LogP contribution is 2.51. The van der Waals surface area contributed by atoms with Gasteiger partial charge >= 0.3 is 5.69 Å². The Morgan fingerprint density at radius 3 is 2.47 bits per heavy atom. The van der Waals surface area contributed by atoms with Gasteiger partial charge in [-0.15, -0.1) is 0 Å². The standard InChI is InChI=1S/C31H35F2N5O7S2/c1-5-12-46-30-35-28(34-22-15-24(39)27-26(22)44-31(3,4)45-27)25(38(40)41)29(36-30)37(47(42,43)18-9-6-16(2)7-10-18)23-14-19(23)17-8-11-20(32)21(33)13-17/h6-11,13,19,22-24,26-27,39H,5,12,14-15H2,1-4H3,(H,34,35,36)/t19-,22+,23+,24-,26-,27+/m0/s1. The molecule has 12 nitrogen and oxygen atoms in total. The Hall–Kier alpha value is -3.44. The summed E-state index contributed by atoms with van der Waals surface area (Å²) >= 11 is 1.20. The molecular formula is C31H35F2N5O7S2. The molecule has 3 fully saturated rings. The van der Waals surface area contributed by atoms with Crippen LogP contribution in [0.4, 0.5) is 26.1 Å². The summed E-state index contributed by atoms with van der Waals surface area (Å²) in [7, 11) is -4.49. The fourth-order valence-electron chi connectivity index (χ4n) is 6.19. The monoisotopic (exact) mass is 691 g/mol. The van der Waals surface area contributed by atoms with E-state index in [4.69, 9.17) is 9.47 Å². The fourth-order valence-corrected chi connectivity index (χ4v) is 8.53. The van der Waals surface area contributed by atoms with Crippen LogP contribution in [0.5, 0.6) is 0 Å². The van der Waals surface area contributed by atoms with Gasteiger partial charge in [0.2, 0.25) is 11.6 Å². The normalized spacial score (nSPS) is 26.2. The number of thioether (sulfide) groups is 1. The zero-order chi connectivity index (χ0) is 33.8. The van der Waals surface area contributed by atoms with Crippen molar-refractivity contribution >= 4 is 39.1 Å². The molecule has 2 aliphatic carbocycles. The first kappa shape index (κ1) is 33.5. The van der Waals surface area contributed by atoms with E-state index < -0.39 is 80.2 Å². The average molecular weight is 692 g/mol. The summed E-state index contributed by atoms with van der Waals surface area (Å²) in [5, 5.41) is 26.8. The summed E-state index contributed by atoms with van der Waals surface area (Å²) in [6.07, 6.45) is -1.25. The number of ether oxygens (including phenoxy) is 2. The molecule has 0 radical (unpaired) electrons. The van der Waals surface area contributed by atoms with Crippen molar-refractivity contribution < 1.29 is 36.7 Å². The maximum absolute atomic E-state index is 14.5. The van der Waals surface area contributed by atoms with Crippen LogP contribution in [0, 0.1) is 28.7 Å². The molecular weight excluding hydrogens is 656 g/mol. The van der Waals surface area contributed by atoms with E-state index in [1.807, 2.05) is 6.92 Å². The molecule has 1 aromatic heterocycles. The van der Waals surface area contributed by atoms with Gasteiger partial charge in [-0.2, -0.15) is 9.97 Å². The minimum Gasteiger partial charge on any atom is -0.390 e. The zero-order valence-corrected chi connectivity index (χ0v) is 27.7. The molecule has 2 aromatic carbocycles. The van der Waals surface area contributed by atoms with Gasteiger partial charge in [0.15, 0.2) is 22.6 Å². The number of anilines is 2. The van der Waals surface area contributed by atoms with Crippen molar-refractivity contribution in [1.29, 1.82) is 0 Å². The molecule has 2 N–H and O–H groups in total. The number of aromatic nitrogens is 2. The number of hydrogen-bond acceptors (Lipinski definition) is 11. The van der Waals surface area contributed by atoms with E-state index >= 15 is 0 Å². The summed E-state index contributed by atoms with van der Waals surface area (Å²) in [4.78, 5) is 21.0. The van der Waals surface area contributed by atoms with E-state index in [1.54, 1.807) is 32.9 Å². The molecule has 3 aliphatic rings. The molecule has 16 heteroatoms. The lowest BCUT2D eigenvalue weighted by molar-refractivity contribution is -0.383. The Labute approximate surface area is 275 Å². The molecule has 0 amide bonds. The zero-order valence-electron chi connectivity index (χ0n) is 26.1. The van der Waals surface area contributed by atoms with Crippen LogP contribution in [-0.4, -0.2) is 70.4 Å². The van der Waals surface area contributed by atoms with Crippen LogP contribution in [0.3, 0.4) is 0 Å². The van der Waals surface area contributed by atoms with Gasteiger partial charge in [-0.1, -0.05) is 42.4 Å². The second-order valence-corrected chi connectivity index (χ2v) is 15.3. The van der Waals surface area contributed by atoms with E-state index in [-0.39, 0.29) is 28.7 Å². The highest BCUT2D eigenvalue weighted by molar-refractivity contribution is 7.99. The quantitative estimate of drug-likeness (QED) is 0.117. The Kier molecular flexibility index (Phi) is 8.93. The Balaban J connectivity index is 1.49. The smallest absolute Gasteiger partial charge is 0.354 e. The number of aliphatic hydroxyl groups is 1. The Morgan fingerprint density at radius 1 is 1.11 bits per heavy atom. The first-order valence-corrected chi connectivity index (χ1v) is 17.7. The van der Waals surface area contributed by atoms with E-state index in [2.05, 4.69) is 15.3 Å². The highest BCUT2D eigenvalue weighted by atomic mass is 32.2. The molecule has 0 bridgehead atoms. The van der Waals surface area contributed by atoms with Crippen LogP contribution in [0.15, 0.2) is 52.5 Å². The number of benzene rings is 2. The largest absolute Gasteiger partial charge is 0.390 e. The topological polar surface area (TPSA) is 157 Å². The maximum Gasteiger partial charge on any atom is 0.354 e. The third-order valence-corrected chi connectivity index (χ3v) is 11.3. The second kappa shape index (κ2) is 12.5. The molecule has 6 rings (SSSR count). The molecule has 6 atom stereocenters. The lowest BCUT2D eigenvalue weighted by atomic mass is 10.1. The van der Waals surface area contributed by atoms with Gasteiger partial charge in [0, 0.05) is 11.7 Å². The van der Waals surface area contributed by atoms with Crippen LogP contribution < -0.4 is 9.62 Å². The lowest BCUT2D eigenvalue weighted by Crippen LogP contribution is -2.37. The van der Waals surface area contributed by atoms with Gasteiger partial charge in [-0.05, 0) is 69.9 Å². The maximum atomic E-state index is 14.5. The minimum absolute atomic E-state index is 0.100. The minimum atomic E-state index is -4.49. The number of sulfonamides is 1. The lowest BCUT2D eigenvalue weighted by Gasteiger charge is -2.26. The molecule has 3 aromatic rings. The van der Waals surface area contributed by atoms with Crippen molar-refractivity contribution in [1.82, 2.24) is 9.97 Å². The van der Waals surface area contributed by atoms with Crippen molar-refractivity contribution in [3.8, 4) is 0 Å². The van der Waals surface area contributed by atoms with E-state index in [1.165, 1.54) is 30.0 Å². The number of nitrogens with zero attached hydrogens (tertiary/aromatic N) is 4. The second-order valence-electron chi connectivity index (χ2n) is 12.4. The van der Waals surface area contributed by atoms with Gasteiger partial charge in [0.25, 0.3) is 10.0 Å². The summed E-state index contributed by atoms with van der Waals surface area (Å²) in [5.41, 5.74) is 0.465. The third kappa shape index (κ3) is 6.53. The number of rotatable bonds is 11. The summed E-state index contributed by atoms with van der Waals surface area (Å²) in [6.45, 7) is 7.13. The van der Waals surface area contributed by atoms with Crippen LogP contribution in [0.1, 0.15) is 57.1 Å². The summed E-state index contributed by atoms with van der Waals surface area (Å²) in [6, 6.07) is 7.82. The Bertz CT molecular complexity index is 1800. The van der Waals surface area contributed by atoms with Gasteiger partial charge in [-0.25, -0.2) is 21.5 Å². The van der Waals surface area contributed by atoms with E-state index in [0.717, 1.165) is 22.0 Å². The highest BCUT2D eigenvalue weighted by Gasteiger charge is 2.55. The first-order chi connectivity index (χ1) is 22.2.